The molecule has 134 valence electrons. The highest BCUT2D eigenvalue weighted by atomic mass is 16.6. The molecule has 0 N–H and O–H groups in total. The maximum atomic E-state index is 11.5. The van der Waals surface area contributed by atoms with Crippen LogP contribution in [-0.2, 0) is 6.54 Å². The Morgan fingerprint density at radius 2 is 1.88 bits per heavy atom. The van der Waals surface area contributed by atoms with Crippen LogP contribution in [0, 0.1) is 10.1 Å². The zero-order chi connectivity index (χ0) is 18.3. The SMILES string of the molecule is CCN(CC)CCn1cc2c([N+](=O)[O-])ccc3c2c1-c1ccccc1O3. The molecule has 0 radical (unpaired) electrons. The predicted octanol–water partition coefficient (Wildman–Crippen LogP) is 4.66. The van der Waals surface area contributed by atoms with Gasteiger partial charge in [-0.2, -0.15) is 0 Å². The number of para-hydroxylation sites is 1. The summed E-state index contributed by atoms with van der Waals surface area (Å²) in [4.78, 5) is 13.5. The molecule has 1 aliphatic rings. The molecular formula is C20H21N3O3. The van der Waals surface area contributed by atoms with E-state index in [0.717, 1.165) is 48.6 Å². The quantitative estimate of drug-likeness (QED) is 0.374. The van der Waals surface area contributed by atoms with Gasteiger partial charge in [0, 0.05) is 30.9 Å². The fourth-order valence-corrected chi connectivity index (χ4v) is 3.70. The number of likely N-dealkylation sites (N-methyl/N-ethyl adjacent to an activating group) is 1. The van der Waals surface area contributed by atoms with Gasteiger partial charge < -0.3 is 14.2 Å². The topological polar surface area (TPSA) is 60.5 Å². The molecule has 0 unspecified atom stereocenters. The minimum Gasteiger partial charge on any atom is -0.456 e. The molecule has 2 heterocycles. The van der Waals surface area contributed by atoms with Crippen LogP contribution in [0.25, 0.3) is 22.0 Å². The Hall–Kier alpha value is -2.86. The van der Waals surface area contributed by atoms with Gasteiger partial charge in [0.05, 0.1) is 21.4 Å². The highest BCUT2D eigenvalue weighted by molar-refractivity contribution is 6.07. The molecule has 1 aliphatic heterocycles. The molecule has 3 aromatic rings. The second kappa shape index (κ2) is 6.46. The maximum Gasteiger partial charge on any atom is 0.279 e. The first kappa shape index (κ1) is 16.6. The van der Waals surface area contributed by atoms with Crippen molar-refractivity contribution in [3.63, 3.8) is 0 Å². The first-order valence-corrected chi connectivity index (χ1v) is 8.93. The van der Waals surface area contributed by atoms with Crippen molar-refractivity contribution in [1.82, 2.24) is 9.47 Å². The van der Waals surface area contributed by atoms with Crippen molar-refractivity contribution in [3.8, 4) is 22.8 Å². The third-order valence-corrected chi connectivity index (χ3v) is 5.10. The number of nitrogens with zero attached hydrogens (tertiary/aromatic N) is 3. The van der Waals surface area contributed by atoms with Crippen LogP contribution in [0.3, 0.4) is 0 Å². The van der Waals surface area contributed by atoms with E-state index in [-0.39, 0.29) is 10.6 Å². The molecule has 0 spiro atoms. The lowest BCUT2D eigenvalue weighted by Gasteiger charge is -2.22. The van der Waals surface area contributed by atoms with E-state index in [9.17, 15) is 10.1 Å². The molecule has 4 rings (SSSR count). The van der Waals surface area contributed by atoms with Gasteiger partial charge in [-0.3, -0.25) is 10.1 Å². The van der Waals surface area contributed by atoms with Gasteiger partial charge in [0.25, 0.3) is 5.69 Å². The molecule has 1 aromatic heterocycles. The fraction of sp³-hybridized carbons (Fsp3) is 0.300. The van der Waals surface area contributed by atoms with E-state index in [1.165, 1.54) is 6.07 Å². The Morgan fingerprint density at radius 3 is 2.62 bits per heavy atom. The number of hydrogen-bond acceptors (Lipinski definition) is 4. The summed E-state index contributed by atoms with van der Waals surface area (Å²) >= 11 is 0. The van der Waals surface area contributed by atoms with Gasteiger partial charge in [0.15, 0.2) is 0 Å². The van der Waals surface area contributed by atoms with E-state index in [4.69, 9.17) is 4.74 Å². The van der Waals surface area contributed by atoms with Crippen molar-refractivity contribution >= 4 is 16.5 Å². The number of nitro groups is 1. The summed E-state index contributed by atoms with van der Waals surface area (Å²) in [6.45, 7) is 7.93. The average Bonchev–Trinajstić information content (AvgIpc) is 3.03. The molecule has 0 aliphatic carbocycles. The van der Waals surface area contributed by atoms with Crippen LogP contribution in [0.5, 0.6) is 11.5 Å². The molecule has 26 heavy (non-hydrogen) atoms. The number of ether oxygens (including phenoxy) is 1. The van der Waals surface area contributed by atoms with Gasteiger partial charge in [0.2, 0.25) is 0 Å². The molecule has 0 fully saturated rings. The van der Waals surface area contributed by atoms with Crippen LogP contribution in [0.4, 0.5) is 5.69 Å². The predicted molar refractivity (Wildman–Crippen MR) is 102 cm³/mol. The van der Waals surface area contributed by atoms with Crippen LogP contribution in [0.1, 0.15) is 13.8 Å². The Morgan fingerprint density at radius 1 is 1.12 bits per heavy atom. The van der Waals surface area contributed by atoms with Gasteiger partial charge >= 0.3 is 0 Å². The third-order valence-electron chi connectivity index (χ3n) is 5.10. The van der Waals surface area contributed by atoms with Crippen molar-refractivity contribution in [1.29, 1.82) is 0 Å². The van der Waals surface area contributed by atoms with E-state index >= 15 is 0 Å². The Kier molecular flexibility index (Phi) is 4.12. The number of rotatable bonds is 6. The summed E-state index contributed by atoms with van der Waals surface area (Å²) in [5.74, 6) is 1.47. The second-order valence-corrected chi connectivity index (χ2v) is 6.42. The van der Waals surface area contributed by atoms with Gasteiger partial charge in [0.1, 0.15) is 11.5 Å². The fourth-order valence-electron chi connectivity index (χ4n) is 3.70. The largest absolute Gasteiger partial charge is 0.456 e. The van der Waals surface area contributed by atoms with Gasteiger partial charge in [-0.1, -0.05) is 26.0 Å². The number of non-ortho nitro benzene ring substituents is 1. The molecule has 0 amide bonds. The molecule has 0 atom stereocenters. The zero-order valence-corrected chi connectivity index (χ0v) is 14.9. The highest BCUT2D eigenvalue weighted by Crippen LogP contribution is 2.49. The van der Waals surface area contributed by atoms with E-state index in [0.29, 0.717) is 11.1 Å². The van der Waals surface area contributed by atoms with E-state index in [1.807, 2.05) is 30.5 Å². The number of benzene rings is 2. The molecule has 6 heteroatoms. The van der Waals surface area contributed by atoms with Crippen molar-refractivity contribution < 1.29 is 9.66 Å². The second-order valence-electron chi connectivity index (χ2n) is 6.42. The molecule has 0 bridgehead atoms. The standard InChI is InChI=1S/C20H21N3O3/c1-3-21(4-2)11-12-22-13-15-16(23(24)25)9-10-18-19(15)20(22)14-7-5-6-8-17(14)26-18/h5-10,13H,3-4,11-12H2,1-2H3. The zero-order valence-electron chi connectivity index (χ0n) is 14.9. The van der Waals surface area contributed by atoms with Crippen LogP contribution < -0.4 is 4.74 Å². The number of fused-ring (bicyclic) bond motifs is 2. The average molecular weight is 351 g/mol. The van der Waals surface area contributed by atoms with Crippen molar-refractivity contribution in [2.75, 3.05) is 19.6 Å². The lowest BCUT2D eigenvalue weighted by molar-refractivity contribution is -0.383. The first-order chi connectivity index (χ1) is 12.6. The van der Waals surface area contributed by atoms with Crippen molar-refractivity contribution in [2.45, 2.75) is 20.4 Å². The lowest BCUT2D eigenvalue weighted by atomic mass is 10.0. The normalized spacial score (nSPS) is 12.3. The Labute approximate surface area is 151 Å². The molecule has 0 saturated carbocycles. The minimum absolute atomic E-state index is 0.120. The summed E-state index contributed by atoms with van der Waals surface area (Å²) in [7, 11) is 0. The van der Waals surface area contributed by atoms with Gasteiger partial charge in [-0.05, 0) is 31.3 Å². The van der Waals surface area contributed by atoms with Crippen LogP contribution in [0.15, 0.2) is 42.6 Å². The first-order valence-electron chi connectivity index (χ1n) is 8.93. The molecule has 6 nitrogen and oxygen atoms in total. The minimum atomic E-state index is -0.321. The number of nitro benzene ring substituents is 1. The Bertz CT molecular complexity index is 989. The summed E-state index contributed by atoms with van der Waals surface area (Å²) in [6.07, 6.45) is 1.90. The highest BCUT2D eigenvalue weighted by Gasteiger charge is 2.28. The third kappa shape index (κ3) is 2.54. The summed E-state index contributed by atoms with van der Waals surface area (Å²) in [5, 5.41) is 13.0. The van der Waals surface area contributed by atoms with Crippen molar-refractivity contribution in [3.05, 3.63) is 52.7 Å². The molecule has 2 aromatic carbocycles. The van der Waals surface area contributed by atoms with Crippen molar-refractivity contribution in [2.24, 2.45) is 0 Å². The Balaban J connectivity index is 1.92. The number of aromatic nitrogens is 1. The summed E-state index contributed by atoms with van der Waals surface area (Å²) in [6, 6.07) is 11.1. The van der Waals surface area contributed by atoms with Crippen LogP contribution >= 0.6 is 0 Å². The smallest absolute Gasteiger partial charge is 0.279 e. The van der Waals surface area contributed by atoms with E-state index < -0.39 is 0 Å². The summed E-state index contributed by atoms with van der Waals surface area (Å²) < 4.78 is 8.16. The lowest BCUT2D eigenvalue weighted by Crippen LogP contribution is -2.27. The van der Waals surface area contributed by atoms with Gasteiger partial charge in [-0.25, -0.2) is 0 Å². The van der Waals surface area contributed by atoms with Gasteiger partial charge in [-0.15, -0.1) is 0 Å². The number of hydrogen-bond donors (Lipinski definition) is 0. The van der Waals surface area contributed by atoms with E-state index in [1.54, 1.807) is 6.07 Å². The van der Waals surface area contributed by atoms with E-state index in [2.05, 4.69) is 23.3 Å². The maximum absolute atomic E-state index is 11.5. The van der Waals surface area contributed by atoms with Crippen LogP contribution in [-0.4, -0.2) is 34.0 Å². The van der Waals surface area contributed by atoms with Crippen LogP contribution in [0.2, 0.25) is 0 Å². The molecular weight excluding hydrogens is 330 g/mol. The monoisotopic (exact) mass is 351 g/mol. The summed E-state index contributed by atoms with van der Waals surface area (Å²) in [5.41, 5.74) is 2.11. The molecule has 0 saturated heterocycles.